The Labute approximate surface area is 139 Å². The maximum Gasteiger partial charge on any atom is 0.186 e. The highest BCUT2D eigenvalue weighted by molar-refractivity contribution is 7.15. The molecule has 2 aromatic heterocycles. The van der Waals surface area contributed by atoms with Gasteiger partial charge in [0.05, 0.1) is 0 Å². The minimum absolute atomic E-state index is 0.526. The fourth-order valence-corrected chi connectivity index (χ4v) is 3.22. The van der Waals surface area contributed by atoms with E-state index in [4.69, 9.17) is 0 Å². The lowest BCUT2D eigenvalue weighted by Crippen LogP contribution is -2.22. The van der Waals surface area contributed by atoms with Gasteiger partial charge in [-0.1, -0.05) is 30.3 Å². The molecule has 0 aliphatic carbocycles. The summed E-state index contributed by atoms with van der Waals surface area (Å²) in [5.41, 5.74) is 2.90. The number of hydrogen-bond acceptors (Lipinski definition) is 5. The van der Waals surface area contributed by atoms with E-state index in [9.17, 15) is 4.79 Å². The van der Waals surface area contributed by atoms with E-state index < -0.39 is 0 Å². The lowest BCUT2D eigenvalue weighted by Gasteiger charge is -2.22. The number of carbonyl (C=O) groups excluding carboxylic acids is 1. The van der Waals surface area contributed by atoms with Crippen LogP contribution in [0.1, 0.15) is 26.5 Å². The summed E-state index contributed by atoms with van der Waals surface area (Å²) in [6, 6.07) is 14.3. The number of pyridine rings is 1. The minimum Gasteiger partial charge on any atom is -0.339 e. The van der Waals surface area contributed by atoms with Gasteiger partial charge in [-0.25, -0.2) is 4.98 Å². The van der Waals surface area contributed by atoms with Crippen LogP contribution in [0.15, 0.2) is 54.9 Å². The van der Waals surface area contributed by atoms with Crippen LogP contribution in [0.2, 0.25) is 0 Å². The van der Waals surface area contributed by atoms with Gasteiger partial charge in [0.2, 0.25) is 0 Å². The van der Waals surface area contributed by atoms with E-state index in [0.717, 1.165) is 34.9 Å². The second-order valence-electron chi connectivity index (χ2n) is 5.25. The molecule has 5 heteroatoms. The first-order valence-electron chi connectivity index (χ1n) is 7.36. The summed E-state index contributed by atoms with van der Waals surface area (Å²) in [6.45, 7) is 3.40. The number of carbonyl (C=O) groups is 1. The quantitative estimate of drug-likeness (QED) is 0.646. The van der Waals surface area contributed by atoms with E-state index in [2.05, 4.69) is 27.0 Å². The van der Waals surface area contributed by atoms with Crippen molar-refractivity contribution in [1.29, 1.82) is 0 Å². The number of benzene rings is 1. The number of thiazole rings is 1. The summed E-state index contributed by atoms with van der Waals surface area (Å²) in [5, 5.41) is 0.866. The largest absolute Gasteiger partial charge is 0.339 e. The number of nitrogens with zero attached hydrogens (tertiary/aromatic N) is 3. The summed E-state index contributed by atoms with van der Waals surface area (Å²) >= 11 is 1.55. The molecule has 23 heavy (non-hydrogen) atoms. The van der Waals surface area contributed by atoms with Crippen LogP contribution >= 0.6 is 11.3 Å². The molecule has 0 atom stereocenters. The van der Waals surface area contributed by atoms with Gasteiger partial charge in [0.15, 0.2) is 11.4 Å². The Balaban J connectivity index is 1.90. The molecule has 0 unspecified atom stereocenters. The number of rotatable bonds is 6. The molecule has 2 heterocycles. The van der Waals surface area contributed by atoms with Gasteiger partial charge in [-0.3, -0.25) is 9.78 Å². The molecule has 3 rings (SSSR count). The maximum atomic E-state index is 11.1. The van der Waals surface area contributed by atoms with E-state index in [1.54, 1.807) is 23.7 Å². The van der Waals surface area contributed by atoms with E-state index in [1.165, 1.54) is 5.56 Å². The third-order valence-electron chi connectivity index (χ3n) is 3.54. The van der Waals surface area contributed by atoms with Crippen molar-refractivity contribution >= 4 is 22.8 Å². The average molecular weight is 323 g/mol. The maximum absolute atomic E-state index is 11.1. The normalized spacial score (nSPS) is 10.5. The Bertz CT molecular complexity index is 730. The van der Waals surface area contributed by atoms with Crippen LogP contribution in [-0.4, -0.2) is 16.3 Å². The van der Waals surface area contributed by atoms with Crippen LogP contribution in [0.5, 0.6) is 0 Å². The Morgan fingerprint density at radius 2 is 1.70 bits per heavy atom. The Morgan fingerprint density at radius 1 is 1.04 bits per heavy atom. The highest BCUT2D eigenvalue weighted by atomic mass is 32.1. The zero-order valence-electron chi connectivity index (χ0n) is 12.8. The predicted octanol–water partition coefficient (Wildman–Crippen LogP) is 3.87. The van der Waals surface area contributed by atoms with E-state index in [0.29, 0.717) is 5.69 Å². The van der Waals surface area contributed by atoms with Crippen molar-refractivity contribution in [3.8, 4) is 0 Å². The molecule has 0 saturated carbocycles. The number of anilines is 1. The van der Waals surface area contributed by atoms with Gasteiger partial charge < -0.3 is 4.90 Å². The molecular formula is C18H17N3OS. The number of aromatic nitrogens is 2. The fraction of sp³-hybridized carbons (Fsp3) is 0.167. The molecule has 0 aliphatic rings. The van der Waals surface area contributed by atoms with Gasteiger partial charge in [-0.2, -0.15) is 0 Å². The van der Waals surface area contributed by atoms with E-state index in [1.807, 2.05) is 37.3 Å². The third-order valence-corrected chi connectivity index (χ3v) is 4.59. The monoisotopic (exact) mass is 323 g/mol. The molecule has 0 bridgehead atoms. The van der Waals surface area contributed by atoms with E-state index in [-0.39, 0.29) is 0 Å². The first-order chi connectivity index (χ1) is 11.3. The molecule has 3 aromatic rings. The lowest BCUT2D eigenvalue weighted by atomic mass is 10.2. The fourth-order valence-electron chi connectivity index (χ4n) is 2.34. The van der Waals surface area contributed by atoms with Crippen molar-refractivity contribution in [1.82, 2.24) is 9.97 Å². The highest BCUT2D eigenvalue weighted by Crippen LogP contribution is 2.27. The first kappa shape index (κ1) is 15.4. The second-order valence-corrected chi connectivity index (χ2v) is 6.43. The average Bonchev–Trinajstić information content (AvgIpc) is 2.97. The first-order valence-corrected chi connectivity index (χ1v) is 8.18. The molecule has 1 aromatic carbocycles. The Morgan fingerprint density at radius 3 is 2.30 bits per heavy atom. The number of hydrogen-bond donors (Lipinski definition) is 0. The predicted molar refractivity (Wildman–Crippen MR) is 92.8 cm³/mol. The van der Waals surface area contributed by atoms with Gasteiger partial charge in [0.25, 0.3) is 0 Å². The molecular weight excluding hydrogens is 306 g/mol. The zero-order chi connectivity index (χ0) is 16.1. The van der Waals surface area contributed by atoms with Crippen molar-refractivity contribution in [3.63, 3.8) is 0 Å². The topological polar surface area (TPSA) is 46.1 Å². The van der Waals surface area contributed by atoms with Crippen molar-refractivity contribution in [2.75, 3.05) is 4.90 Å². The molecule has 0 saturated heterocycles. The second kappa shape index (κ2) is 7.15. The molecule has 0 fully saturated rings. The van der Waals surface area contributed by atoms with Gasteiger partial charge in [-0.05, 0) is 30.2 Å². The number of aldehydes is 1. The molecule has 4 nitrogen and oxygen atoms in total. The van der Waals surface area contributed by atoms with Crippen molar-refractivity contribution in [2.45, 2.75) is 20.0 Å². The molecule has 0 spiro atoms. The van der Waals surface area contributed by atoms with Gasteiger partial charge >= 0.3 is 0 Å². The summed E-state index contributed by atoms with van der Waals surface area (Å²) in [5.74, 6) is 0. The summed E-state index contributed by atoms with van der Waals surface area (Å²) in [7, 11) is 0. The van der Waals surface area contributed by atoms with Crippen LogP contribution in [0.3, 0.4) is 0 Å². The number of aryl methyl sites for hydroxylation is 1. The smallest absolute Gasteiger partial charge is 0.186 e. The Kier molecular flexibility index (Phi) is 4.78. The Hall–Kier alpha value is -2.53. The van der Waals surface area contributed by atoms with Crippen molar-refractivity contribution < 1.29 is 4.79 Å². The van der Waals surface area contributed by atoms with Crippen LogP contribution in [-0.2, 0) is 13.1 Å². The summed E-state index contributed by atoms with van der Waals surface area (Å²) in [4.78, 5) is 22.8. The van der Waals surface area contributed by atoms with Gasteiger partial charge in [0.1, 0.15) is 5.69 Å². The van der Waals surface area contributed by atoms with Crippen LogP contribution in [0.25, 0.3) is 0 Å². The molecule has 0 amide bonds. The molecule has 0 N–H and O–H groups in total. The molecule has 0 aliphatic heterocycles. The van der Waals surface area contributed by atoms with Crippen molar-refractivity contribution in [2.24, 2.45) is 0 Å². The molecule has 116 valence electrons. The highest BCUT2D eigenvalue weighted by Gasteiger charge is 2.15. The van der Waals surface area contributed by atoms with Gasteiger partial charge in [-0.15, -0.1) is 11.3 Å². The van der Waals surface area contributed by atoms with E-state index >= 15 is 0 Å². The lowest BCUT2D eigenvalue weighted by molar-refractivity contribution is 0.111. The van der Waals surface area contributed by atoms with Crippen LogP contribution in [0.4, 0.5) is 5.13 Å². The SMILES string of the molecule is Cc1sc(N(Cc2ccccc2)Cc2ccncc2)nc1C=O. The zero-order valence-corrected chi connectivity index (χ0v) is 13.7. The van der Waals surface area contributed by atoms with Gasteiger partial charge in [0, 0.05) is 30.4 Å². The van der Waals surface area contributed by atoms with Crippen molar-refractivity contribution in [3.05, 3.63) is 76.6 Å². The minimum atomic E-state index is 0.526. The summed E-state index contributed by atoms with van der Waals surface area (Å²) < 4.78 is 0. The third kappa shape index (κ3) is 3.81. The van der Waals surface area contributed by atoms with Crippen LogP contribution in [0, 0.1) is 6.92 Å². The molecule has 0 radical (unpaired) electrons. The standard InChI is InChI=1S/C18H17N3OS/c1-14-17(13-22)20-18(23-14)21(11-15-5-3-2-4-6-15)12-16-7-9-19-10-8-16/h2-10,13H,11-12H2,1H3. The van der Waals surface area contributed by atoms with Crippen LogP contribution < -0.4 is 4.90 Å². The summed E-state index contributed by atoms with van der Waals surface area (Å²) in [6.07, 6.45) is 4.41.